The molecule has 1 aromatic heterocycles. The Kier molecular flexibility index (Phi) is 9.63. The number of methoxy groups -OCH3 is 1. The summed E-state index contributed by atoms with van der Waals surface area (Å²) in [4.78, 5) is 14.1. The number of nitrogens with one attached hydrogen (secondary N) is 4. The third-order valence-corrected chi connectivity index (χ3v) is 8.92. The molecule has 11 nitrogen and oxygen atoms in total. The van der Waals surface area contributed by atoms with Crippen molar-refractivity contribution in [3.63, 3.8) is 0 Å². The zero-order valence-electron chi connectivity index (χ0n) is 23.9. The van der Waals surface area contributed by atoms with Crippen molar-refractivity contribution in [2.75, 3.05) is 72.9 Å². The highest BCUT2D eigenvalue weighted by molar-refractivity contribution is 9.10. The predicted octanol–water partition coefficient (Wildman–Crippen LogP) is 4.94. The molecule has 2 fully saturated rings. The number of aromatic nitrogens is 2. The molecule has 0 spiro atoms. The van der Waals surface area contributed by atoms with Crippen molar-refractivity contribution in [3.8, 4) is 5.75 Å². The van der Waals surface area contributed by atoms with E-state index in [0.717, 1.165) is 69.6 Å². The van der Waals surface area contributed by atoms with Gasteiger partial charge in [0, 0.05) is 68.3 Å². The Balaban J connectivity index is 1.33. The molecule has 0 bridgehead atoms. The minimum Gasteiger partial charge on any atom is -0.494 e. The van der Waals surface area contributed by atoms with Gasteiger partial charge in [-0.05, 0) is 65.5 Å². The van der Waals surface area contributed by atoms with E-state index >= 15 is 0 Å². The Bertz CT molecular complexity index is 1530. The van der Waals surface area contributed by atoms with Crippen LogP contribution in [0.5, 0.6) is 5.75 Å². The summed E-state index contributed by atoms with van der Waals surface area (Å²) in [6, 6.07) is 9.59. The van der Waals surface area contributed by atoms with Crippen LogP contribution in [0.4, 0.5) is 34.5 Å². The number of ether oxygens (including phenoxy) is 1. The Morgan fingerprint density at radius 1 is 1.05 bits per heavy atom. The van der Waals surface area contributed by atoms with Crippen LogP contribution in [-0.4, -0.2) is 82.0 Å². The van der Waals surface area contributed by atoms with Gasteiger partial charge in [-0.2, -0.15) is 4.98 Å². The number of halogens is 2. The number of piperazine rings is 1. The van der Waals surface area contributed by atoms with Crippen LogP contribution in [0, 0.1) is 6.92 Å². The highest BCUT2D eigenvalue weighted by Crippen LogP contribution is 2.37. The van der Waals surface area contributed by atoms with E-state index in [4.69, 9.17) is 16.3 Å². The van der Waals surface area contributed by atoms with E-state index in [-0.39, 0.29) is 0 Å². The standard InChI is InChI=1S/C28H36BrClN8O3S/c1-18-14-24(26(41-2)16-25(18)38-10-6-20(7-11-38)37-12-8-31-9-13-37)34-28-32-17-21(29)27(35-28)33-23-15-19(30)4-5-22(23)36-42(3,39)40/h4-5,14-17,20,31,36H,6-13H2,1-3H3,(H2,32,33,34,35). The number of rotatable bonds is 9. The summed E-state index contributed by atoms with van der Waals surface area (Å²) < 4.78 is 32.6. The van der Waals surface area contributed by atoms with Crippen LogP contribution in [0.1, 0.15) is 18.4 Å². The molecule has 0 unspecified atom stereocenters. The van der Waals surface area contributed by atoms with Crippen molar-refractivity contribution in [2.24, 2.45) is 0 Å². The lowest BCUT2D eigenvalue weighted by molar-refractivity contribution is 0.150. The summed E-state index contributed by atoms with van der Waals surface area (Å²) in [5, 5.41) is 10.3. The van der Waals surface area contributed by atoms with Crippen molar-refractivity contribution in [1.29, 1.82) is 0 Å². The van der Waals surface area contributed by atoms with E-state index < -0.39 is 10.0 Å². The molecule has 2 aliphatic rings. The van der Waals surface area contributed by atoms with Crippen LogP contribution < -0.4 is 30.3 Å². The van der Waals surface area contributed by atoms with Gasteiger partial charge in [-0.25, -0.2) is 13.4 Å². The Morgan fingerprint density at radius 2 is 1.79 bits per heavy atom. The van der Waals surface area contributed by atoms with Crippen molar-refractivity contribution < 1.29 is 13.2 Å². The van der Waals surface area contributed by atoms with Crippen molar-refractivity contribution >= 4 is 72.1 Å². The Morgan fingerprint density at radius 3 is 2.48 bits per heavy atom. The lowest BCUT2D eigenvalue weighted by Gasteiger charge is -2.41. The highest BCUT2D eigenvalue weighted by Gasteiger charge is 2.27. The second kappa shape index (κ2) is 13.2. The largest absolute Gasteiger partial charge is 0.494 e. The fraction of sp³-hybridized carbons (Fsp3) is 0.429. The number of sulfonamides is 1. The fourth-order valence-electron chi connectivity index (χ4n) is 5.48. The molecule has 42 heavy (non-hydrogen) atoms. The first-order chi connectivity index (χ1) is 20.1. The summed E-state index contributed by atoms with van der Waals surface area (Å²) in [5.41, 5.74) is 3.82. The number of hydrogen-bond acceptors (Lipinski definition) is 10. The van der Waals surface area contributed by atoms with E-state index in [2.05, 4.69) is 75.4 Å². The zero-order chi connectivity index (χ0) is 29.9. The third-order valence-electron chi connectivity index (χ3n) is 7.51. The van der Waals surface area contributed by atoms with Crippen molar-refractivity contribution in [1.82, 2.24) is 20.2 Å². The molecule has 5 rings (SSSR count). The molecule has 3 heterocycles. The van der Waals surface area contributed by atoms with Crippen LogP contribution in [0.2, 0.25) is 5.02 Å². The molecule has 2 saturated heterocycles. The Hall–Kier alpha value is -2.84. The molecule has 0 saturated carbocycles. The summed E-state index contributed by atoms with van der Waals surface area (Å²) in [5.74, 6) is 1.45. The van der Waals surface area contributed by atoms with Gasteiger partial charge in [0.1, 0.15) is 11.6 Å². The molecule has 2 aromatic carbocycles. The molecule has 0 amide bonds. The van der Waals surface area contributed by atoms with E-state index in [1.165, 1.54) is 5.69 Å². The molecule has 226 valence electrons. The first-order valence-electron chi connectivity index (χ1n) is 13.8. The number of nitrogens with zero attached hydrogens (tertiary/aromatic N) is 4. The summed E-state index contributed by atoms with van der Waals surface area (Å²) >= 11 is 9.67. The minimum atomic E-state index is -3.51. The van der Waals surface area contributed by atoms with Gasteiger partial charge in [0.15, 0.2) is 0 Å². The quantitative estimate of drug-likeness (QED) is 0.247. The summed E-state index contributed by atoms with van der Waals surface area (Å²) in [7, 11) is -1.85. The SMILES string of the molecule is COc1cc(N2CCC(N3CCNCC3)CC2)c(C)cc1Nc1ncc(Br)c(Nc2cc(Cl)ccc2NS(C)(=O)=O)n1. The van der Waals surface area contributed by atoms with Gasteiger partial charge in [-0.15, -0.1) is 0 Å². The van der Waals surface area contributed by atoms with Gasteiger partial charge in [0.05, 0.1) is 34.9 Å². The molecule has 2 aliphatic heterocycles. The van der Waals surface area contributed by atoms with E-state index in [1.807, 2.05) is 0 Å². The van der Waals surface area contributed by atoms with E-state index in [1.54, 1.807) is 31.5 Å². The lowest BCUT2D eigenvalue weighted by atomic mass is 10.0. The van der Waals surface area contributed by atoms with Gasteiger partial charge < -0.3 is 25.6 Å². The average Bonchev–Trinajstić information content (AvgIpc) is 2.96. The average molecular weight is 680 g/mol. The molecule has 4 N–H and O–H groups in total. The second-order valence-corrected chi connectivity index (χ2v) is 13.6. The molecular weight excluding hydrogens is 644 g/mol. The third kappa shape index (κ3) is 7.56. The zero-order valence-corrected chi connectivity index (χ0v) is 27.0. The van der Waals surface area contributed by atoms with E-state index in [9.17, 15) is 8.42 Å². The smallest absolute Gasteiger partial charge is 0.229 e. The molecule has 0 radical (unpaired) electrons. The van der Waals surface area contributed by atoms with Gasteiger partial charge >= 0.3 is 0 Å². The first-order valence-corrected chi connectivity index (χ1v) is 16.9. The lowest BCUT2D eigenvalue weighted by Crippen LogP contribution is -2.52. The highest BCUT2D eigenvalue weighted by atomic mass is 79.9. The van der Waals surface area contributed by atoms with E-state index in [0.29, 0.717) is 44.4 Å². The molecule has 14 heteroatoms. The summed E-state index contributed by atoms with van der Waals surface area (Å²) in [6.07, 6.45) is 5.00. The van der Waals surface area contributed by atoms with Crippen molar-refractivity contribution in [2.45, 2.75) is 25.8 Å². The maximum Gasteiger partial charge on any atom is 0.229 e. The van der Waals surface area contributed by atoms with Crippen molar-refractivity contribution in [3.05, 3.63) is 51.6 Å². The maximum absolute atomic E-state index is 11.9. The second-order valence-electron chi connectivity index (χ2n) is 10.5. The molecule has 0 atom stereocenters. The number of piperidine rings is 1. The molecule has 0 aliphatic carbocycles. The monoisotopic (exact) mass is 678 g/mol. The van der Waals surface area contributed by atoms with Gasteiger partial charge in [0.2, 0.25) is 16.0 Å². The fourth-order valence-corrected chi connectivity index (χ4v) is 6.52. The predicted molar refractivity (Wildman–Crippen MR) is 174 cm³/mol. The van der Waals surface area contributed by atoms with Crippen LogP contribution in [-0.2, 0) is 10.0 Å². The molecule has 3 aromatic rings. The minimum absolute atomic E-state index is 0.336. The van der Waals surface area contributed by atoms with Crippen LogP contribution in [0.3, 0.4) is 0 Å². The van der Waals surface area contributed by atoms with Crippen LogP contribution in [0.15, 0.2) is 41.0 Å². The van der Waals surface area contributed by atoms with Gasteiger partial charge in [-0.1, -0.05) is 11.6 Å². The maximum atomic E-state index is 11.9. The number of benzene rings is 2. The van der Waals surface area contributed by atoms with Crippen LogP contribution >= 0.6 is 27.5 Å². The number of aryl methyl sites for hydroxylation is 1. The number of hydrogen-bond donors (Lipinski definition) is 4. The molecular formula is C28H36BrClN8O3S. The van der Waals surface area contributed by atoms with Crippen LogP contribution in [0.25, 0.3) is 0 Å². The Labute approximate surface area is 260 Å². The number of anilines is 6. The summed E-state index contributed by atoms with van der Waals surface area (Å²) in [6.45, 7) is 8.54. The normalized spacial score (nSPS) is 16.7. The topological polar surface area (TPSA) is 124 Å². The van der Waals surface area contributed by atoms with Gasteiger partial charge in [-0.3, -0.25) is 9.62 Å². The first kappa shape index (κ1) is 30.6. The van der Waals surface area contributed by atoms with Gasteiger partial charge in [0.25, 0.3) is 0 Å².